The smallest absolute Gasteiger partial charge is 0.256 e. The second-order valence-corrected chi connectivity index (χ2v) is 12.9. The lowest BCUT2D eigenvalue weighted by molar-refractivity contribution is 0.0682. The molecular weight excluding hydrogens is 602 g/mol. The molecule has 8 heteroatoms. The minimum atomic E-state index is -0.0704. The number of ether oxygens (including phenoxy) is 3. The molecular formula is C40H37N3O5. The van der Waals surface area contributed by atoms with Gasteiger partial charge in [0.25, 0.3) is 11.8 Å². The molecule has 8 rings (SSSR count). The summed E-state index contributed by atoms with van der Waals surface area (Å²) in [4.78, 5) is 35.9. The first kappa shape index (κ1) is 30.0. The third-order valence-electron chi connectivity index (χ3n) is 9.88. The Balaban J connectivity index is 0.920. The number of aliphatic imine (C=N–C) groups is 1. The topological polar surface area (TPSA) is 80.7 Å². The zero-order chi connectivity index (χ0) is 32.8. The largest absolute Gasteiger partial charge is 0.493 e. The molecule has 2 atom stereocenters. The number of rotatable bonds is 7. The highest BCUT2D eigenvalue weighted by Gasteiger charge is 2.34. The number of amides is 2. The summed E-state index contributed by atoms with van der Waals surface area (Å²) in [5.74, 6) is 1.81. The number of benzene rings is 4. The monoisotopic (exact) mass is 639 g/mol. The number of hydrogen-bond donors (Lipinski definition) is 0. The van der Waals surface area contributed by atoms with E-state index in [2.05, 4.69) is 36.4 Å². The minimum absolute atomic E-state index is 0.00246. The second kappa shape index (κ2) is 12.3. The molecule has 4 heterocycles. The zero-order valence-corrected chi connectivity index (χ0v) is 27.1. The van der Waals surface area contributed by atoms with Gasteiger partial charge in [-0.1, -0.05) is 60.7 Å². The Labute approximate surface area is 280 Å². The molecule has 0 unspecified atom stereocenters. The van der Waals surface area contributed by atoms with Crippen molar-refractivity contribution in [2.24, 2.45) is 4.99 Å². The molecule has 242 valence electrons. The lowest BCUT2D eigenvalue weighted by atomic mass is 9.94. The highest BCUT2D eigenvalue weighted by atomic mass is 16.5. The number of fused-ring (bicyclic) bond motifs is 6. The molecule has 0 radical (unpaired) electrons. The SMILES string of the molecule is COc1cc2c(cc1OCCCOc1cc3c(cc1C)C(=O)N1Cc4ccccc4C[C@H]1C=N3)C=C[C@H]1Cc3ccccc3CN1C2=O. The molecule has 8 nitrogen and oxygen atoms in total. The number of carbonyl (C=O) groups excluding carboxylic acids is 2. The van der Waals surface area contributed by atoms with Gasteiger partial charge < -0.3 is 24.0 Å². The van der Waals surface area contributed by atoms with E-state index in [9.17, 15) is 9.59 Å². The maximum atomic E-state index is 13.7. The van der Waals surface area contributed by atoms with Crippen LogP contribution in [0.15, 0.2) is 83.9 Å². The van der Waals surface area contributed by atoms with Crippen molar-refractivity contribution in [3.8, 4) is 17.2 Å². The molecule has 48 heavy (non-hydrogen) atoms. The van der Waals surface area contributed by atoms with Crippen molar-refractivity contribution in [1.82, 2.24) is 9.80 Å². The summed E-state index contributed by atoms with van der Waals surface area (Å²) in [6, 6.07) is 24.0. The summed E-state index contributed by atoms with van der Waals surface area (Å²) in [5, 5.41) is 0. The minimum Gasteiger partial charge on any atom is -0.493 e. The Hall–Kier alpha value is -5.37. The maximum absolute atomic E-state index is 13.7. The second-order valence-electron chi connectivity index (χ2n) is 12.9. The van der Waals surface area contributed by atoms with Crippen LogP contribution < -0.4 is 14.2 Å². The van der Waals surface area contributed by atoms with Gasteiger partial charge in [0.05, 0.1) is 49.2 Å². The summed E-state index contributed by atoms with van der Waals surface area (Å²) in [7, 11) is 1.59. The maximum Gasteiger partial charge on any atom is 0.256 e. The molecule has 0 N–H and O–H groups in total. The molecule has 0 bridgehead atoms. The van der Waals surface area contributed by atoms with Gasteiger partial charge >= 0.3 is 0 Å². The van der Waals surface area contributed by atoms with Gasteiger partial charge in [-0.3, -0.25) is 14.6 Å². The van der Waals surface area contributed by atoms with E-state index in [1.807, 2.05) is 65.4 Å². The lowest BCUT2D eigenvalue weighted by Crippen LogP contribution is -2.44. The number of carbonyl (C=O) groups is 2. The third-order valence-corrected chi connectivity index (χ3v) is 9.88. The van der Waals surface area contributed by atoms with Crippen LogP contribution in [0.25, 0.3) is 6.08 Å². The van der Waals surface area contributed by atoms with Gasteiger partial charge in [0.2, 0.25) is 0 Å². The Bertz CT molecular complexity index is 2000. The van der Waals surface area contributed by atoms with Crippen LogP contribution in [0.4, 0.5) is 5.69 Å². The molecule has 0 saturated heterocycles. The summed E-state index contributed by atoms with van der Waals surface area (Å²) >= 11 is 0. The van der Waals surface area contributed by atoms with E-state index < -0.39 is 0 Å². The van der Waals surface area contributed by atoms with Crippen molar-refractivity contribution < 1.29 is 23.8 Å². The molecule has 0 aliphatic carbocycles. The number of methoxy groups -OCH3 is 1. The van der Waals surface area contributed by atoms with E-state index in [1.54, 1.807) is 13.2 Å². The molecule has 0 fully saturated rings. The van der Waals surface area contributed by atoms with Crippen LogP contribution in [0.1, 0.15) is 60.5 Å². The van der Waals surface area contributed by atoms with E-state index in [1.165, 1.54) is 22.3 Å². The fourth-order valence-corrected chi connectivity index (χ4v) is 7.24. The van der Waals surface area contributed by atoms with Crippen LogP contribution in [-0.2, 0) is 25.9 Å². The fourth-order valence-electron chi connectivity index (χ4n) is 7.24. The van der Waals surface area contributed by atoms with Gasteiger partial charge in [-0.2, -0.15) is 0 Å². The van der Waals surface area contributed by atoms with Gasteiger partial charge in [0.15, 0.2) is 11.5 Å². The van der Waals surface area contributed by atoms with Crippen LogP contribution >= 0.6 is 0 Å². The lowest BCUT2D eigenvalue weighted by Gasteiger charge is -2.34. The highest BCUT2D eigenvalue weighted by molar-refractivity contribution is 6.03. The molecule has 4 aromatic carbocycles. The average Bonchev–Trinajstić information content (AvgIpc) is 3.32. The Morgan fingerprint density at radius 1 is 0.729 bits per heavy atom. The number of nitrogens with zero attached hydrogens (tertiary/aromatic N) is 3. The molecule has 0 spiro atoms. The van der Waals surface area contributed by atoms with Crippen molar-refractivity contribution >= 4 is 29.8 Å². The van der Waals surface area contributed by atoms with Gasteiger partial charge in [0.1, 0.15) is 5.75 Å². The first-order valence-corrected chi connectivity index (χ1v) is 16.6. The Kier molecular flexibility index (Phi) is 7.71. The molecule has 0 aromatic heterocycles. The summed E-state index contributed by atoms with van der Waals surface area (Å²) < 4.78 is 18.0. The van der Waals surface area contributed by atoms with Crippen molar-refractivity contribution in [2.75, 3.05) is 20.3 Å². The summed E-state index contributed by atoms with van der Waals surface area (Å²) in [6.07, 6.45) is 8.22. The molecule has 4 aliphatic heterocycles. The van der Waals surface area contributed by atoms with Crippen molar-refractivity contribution in [1.29, 1.82) is 0 Å². The number of hydrogen-bond acceptors (Lipinski definition) is 6. The fraction of sp³-hybridized carbons (Fsp3) is 0.275. The molecule has 0 saturated carbocycles. The predicted molar refractivity (Wildman–Crippen MR) is 185 cm³/mol. The van der Waals surface area contributed by atoms with E-state index >= 15 is 0 Å². The standard InChI is InChI=1S/C40H37N3O5/c1-25-16-34-35(41-22-32-18-27-9-4-6-11-30(27)24-43(32)40(34)45)21-36(25)47-14-7-15-48-38-19-28-12-13-31-17-26-8-3-5-10-29(26)23-42(31)39(44)33(28)20-37(38)46-2/h3-6,8-13,16,19-22,31-32H,7,14-15,17-18,23-24H2,1-2H3/t31-,32-/m0/s1. The van der Waals surface area contributed by atoms with Crippen LogP contribution in [0.2, 0.25) is 0 Å². The molecule has 2 amide bonds. The van der Waals surface area contributed by atoms with Crippen LogP contribution in [0.5, 0.6) is 17.2 Å². The zero-order valence-electron chi connectivity index (χ0n) is 27.1. The molecule has 4 aliphatic rings. The number of aryl methyl sites for hydroxylation is 1. The van der Waals surface area contributed by atoms with Crippen molar-refractivity contribution in [2.45, 2.75) is 51.4 Å². The van der Waals surface area contributed by atoms with E-state index in [0.717, 1.165) is 24.0 Å². The normalized spacial score (nSPS) is 18.8. The quantitative estimate of drug-likeness (QED) is 0.210. The van der Waals surface area contributed by atoms with Crippen LogP contribution in [-0.4, -0.2) is 60.2 Å². The van der Waals surface area contributed by atoms with E-state index in [-0.39, 0.29) is 23.9 Å². The van der Waals surface area contributed by atoms with Gasteiger partial charge in [0, 0.05) is 31.8 Å². The first-order chi connectivity index (χ1) is 23.5. The van der Waals surface area contributed by atoms with Gasteiger partial charge in [-0.05, 0) is 71.3 Å². The van der Waals surface area contributed by atoms with E-state index in [0.29, 0.717) is 66.8 Å². The van der Waals surface area contributed by atoms with Gasteiger partial charge in [-0.15, -0.1) is 0 Å². The average molecular weight is 640 g/mol. The first-order valence-electron chi connectivity index (χ1n) is 16.6. The van der Waals surface area contributed by atoms with Crippen LogP contribution in [0.3, 0.4) is 0 Å². The molecule has 4 aromatic rings. The predicted octanol–water partition coefficient (Wildman–Crippen LogP) is 6.73. The third kappa shape index (κ3) is 5.41. The van der Waals surface area contributed by atoms with Crippen molar-refractivity contribution in [3.63, 3.8) is 0 Å². The summed E-state index contributed by atoms with van der Waals surface area (Å²) in [6.45, 7) is 3.94. The summed E-state index contributed by atoms with van der Waals surface area (Å²) in [5.41, 5.74) is 8.49. The highest BCUT2D eigenvalue weighted by Crippen LogP contribution is 2.37. The van der Waals surface area contributed by atoms with Crippen LogP contribution in [0, 0.1) is 6.92 Å². The van der Waals surface area contributed by atoms with Gasteiger partial charge in [-0.25, -0.2) is 0 Å². The van der Waals surface area contributed by atoms with E-state index in [4.69, 9.17) is 19.2 Å². The van der Waals surface area contributed by atoms with Crippen molar-refractivity contribution in [3.05, 3.63) is 123 Å². The Morgan fingerprint density at radius 3 is 2.06 bits per heavy atom. The Morgan fingerprint density at radius 2 is 1.35 bits per heavy atom.